The highest BCUT2D eigenvalue weighted by Crippen LogP contribution is 2.33. The standard InChI is InChI=1S/C18H19BrF2N6O/c19-11-3-4-13(15(28)8-11)17-14-5-6-22-27(14)18(25-24-17)23-12-2-1-7-26(9-12)10-16(20)21/h3-6,8,12,16,28H,1-2,7,9-10H2,(H,23,25)/t12-/m1/s1. The summed E-state index contributed by atoms with van der Waals surface area (Å²) < 4.78 is 27.7. The molecule has 0 spiro atoms. The number of nitrogens with one attached hydrogen (secondary N) is 1. The summed E-state index contributed by atoms with van der Waals surface area (Å²) in [7, 11) is 0. The number of piperidine rings is 1. The first-order valence-electron chi connectivity index (χ1n) is 8.97. The number of nitrogens with zero attached hydrogens (tertiary/aromatic N) is 5. The van der Waals surface area contributed by atoms with Crippen molar-refractivity contribution in [2.24, 2.45) is 0 Å². The monoisotopic (exact) mass is 452 g/mol. The van der Waals surface area contributed by atoms with Gasteiger partial charge in [-0.05, 0) is 43.7 Å². The maximum absolute atomic E-state index is 12.7. The predicted octanol–water partition coefficient (Wildman–Crippen LogP) is 3.40. The fraction of sp³-hybridized carbons (Fsp3) is 0.389. The van der Waals surface area contributed by atoms with Gasteiger partial charge in [-0.1, -0.05) is 15.9 Å². The molecular weight excluding hydrogens is 434 g/mol. The molecule has 148 valence electrons. The van der Waals surface area contributed by atoms with Crippen LogP contribution in [0.25, 0.3) is 16.8 Å². The van der Waals surface area contributed by atoms with Gasteiger partial charge < -0.3 is 10.4 Å². The highest BCUT2D eigenvalue weighted by Gasteiger charge is 2.24. The smallest absolute Gasteiger partial charge is 0.251 e. The molecule has 2 aromatic heterocycles. The molecule has 0 aliphatic carbocycles. The molecule has 7 nitrogen and oxygen atoms in total. The zero-order valence-corrected chi connectivity index (χ0v) is 16.5. The average Bonchev–Trinajstić information content (AvgIpc) is 3.13. The number of alkyl halides is 2. The van der Waals surface area contributed by atoms with Crippen LogP contribution in [0.1, 0.15) is 12.8 Å². The van der Waals surface area contributed by atoms with Crippen LogP contribution >= 0.6 is 15.9 Å². The minimum atomic E-state index is -2.34. The van der Waals surface area contributed by atoms with Crippen LogP contribution in [0.2, 0.25) is 0 Å². The first-order chi connectivity index (χ1) is 13.5. The maximum atomic E-state index is 12.7. The fourth-order valence-corrected chi connectivity index (χ4v) is 3.90. The third-order valence-electron chi connectivity index (χ3n) is 4.78. The summed E-state index contributed by atoms with van der Waals surface area (Å²) >= 11 is 3.32. The van der Waals surface area contributed by atoms with Crippen LogP contribution in [-0.2, 0) is 0 Å². The molecular formula is C18H19BrF2N6O. The van der Waals surface area contributed by atoms with E-state index in [0.717, 1.165) is 17.3 Å². The Hall–Kier alpha value is -2.33. The van der Waals surface area contributed by atoms with Gasteiger partial charge in [0.2, 0.25) is 5.95 Å². The van der Waals surface area contributed by atoms with E-state index in [1.165, 1.54) is 0 Å². The summed E-state index contributed by atoms with van der Waals surface area (Å²) in [6.45, 7) is 0.972. The first-order valence-corrected chi connectivity index (χ1v) is 9.77. The molecule has 28 heavy (non-hydrogen) atoms. The summed E-state index contributed by atoms with van der Waals surface area (Å²) in [6.07, 6.45) is 0.992. The lowest BCUT2D eigenvalue weighted by Gasteiger charge is -2.32. The summed E-state index contributed by atoms with van der Waals surface area (Å²) in [4.78, 5) is 1.76. The first kappa shape index (κ1) is 19.0. The normalized spacial score (nSPS) is 18.1. The van der Waals surface area contributed by atoms with E-state index < -0.39 is 6.43 Å². The molecule has 1 atom stereocenters. The molecule has 1 aliphatic rings. The number of hydrogen-bond acceptors (Lipinski definition) is 6. The summed E-state index contributed by atoms with van der Waals surface area (Å²) in [5.74, 6) is 0.534. The van der Waals surface area contributed by atoms with Crippen molar-refractivity contribution >= 4 is 27.4 Å². The number of phenolic OH excluding ortho intramolecular Hbond substituents is 1. The molecule has 4 rings (SSSR count). The molecule has 1 saturated heterocycles. The van der Waals surface area contributed by atoms with Gasteiger partial charge in [-0.2, -0.15) is 9.61 Å². The van der Waals surface area contributed by atoms with Gasteiger partial charge in [-0.25, -0.2) is 8.78 Å². The lowest BCUT2D eigenvalue weighted by molar-refractivity contribution is 0.0761. The molecule has 3 heterocycles. The molecule has 0 unspecified atom stereocenters. The Kier molecular flexibility index (Phi) is 5.40. The third-order valence-corrected chi connectivity index (χ3v) is 5.27. The van der Waals surface area contributed by atoms with Crippen molar-refractivity contribution in [3.63, 3.8) is 0 Å². The van der Waals surface area contributed by atoms with Gasteiger partial charge in [-0.15, -0.1) is 10.2 Å². The lowest BCUT2D eigenvalue weighted by atomic mass is 10.1. The van der Waals surface area contributed by atoms with Crippen LogP contribution in [0.4, 0.5) is 14.7 Å². The number of likely N-dealkylation sites (tertiary alicyclic amines) is 1. The summed E-state index contributed by atoms with van der Waals surface area (Å²) in [5.41, 5.74) is 1.75. The molecule has 10 heteroatoms. The van der Waals surface area contributed by atoms with Gasteiger partial charge in [0.1, 0.15) is 11.4 Å². The maximum Gasteiger partial charge on any atom is 0.251 e. The van der Waals surface area contributed by atoms with Gasteiger partial charge in [0, 0.05) is 22.6 Å². The van der Waals surface area contributed by atoms with Crippen LogP contribution < -0.4 is 5.32 Å². The molecule has 2 N–H and O–H groups in total. The molecule has 0 saturated carbocycles. The van der Waals surface area contributed by atoms with E-state index in [0.29, 0.717) is 35.8 Å². The summed E-state index contributed by atoms with van der Waals surface area (Å²) in [5, 5.41) is 26.4. The average molecular weight is 453 g/mol. The zero-order chi connectivity index (χ0) is 19.7. The number of phenols is 1. The number of hydrogen-bond donors (Lipinski definition) is 2. The number of anilines is 1. The van der Waals surface area contributed by atoms with Gasteiger partial charge in [0.25, 0.3) is 6.43 Å². The third kappa shape index (κ3) is 3.93. The minimum Gasteiger partial charge on any atom is -0.507 e. The van der Waals surface area contributed by atoms with Crippen LogP contribution in [0.15, 0.2) is 34.9 Å². The van der Waals surface area contributed by atoms with Crippen LogP contribution in [0.3, 0.4) is 0 Å². The minimum absolute atomic E-state index is 0.0128. The van der Waals surface area contributed by atoms with E-state index in [1.807, 2.05) is 6.07 Å². The van der Waals surface area contributed by atoms with Gasteiger partial charge in [0.15, 0.2) is 0 Å². The van der Waals surface area contributed by atoms with Crippen molar-refractivity contribution < 1.29 is 13.9 Å². The second-order valence-electron chi connectivity index (χ2n) is 6.80. The summed E-state index contributed by atoms with van der Waals surface area (Å²) in [6, 6.07) is 6.94. The molecule has 0 bridgehead atoms. The fourth-order valence-electron chi connectivity index (χ4n) is 3.55. The Bertz CT molecular complexity index is 982. The van der Waals surface area contributed by atoms with Crippen molar-refractivity contribution in [3.8, 4) is 17.0 Å². The van der Waals surface area contributed by atoms with E-state index in [4.69, 9.17) is 0 Å². The van der Waals surface area contributed by atoms with Crippen molar-refractivity contribution in [2.45, 2.75) is 25.3 Å². The molecule has 1 fully saturated rings. The van der Waals surface area contributed by atoms with E-state index >= 15 is 0 Å². The predicted molar refractivity (Wildman–Crippen MR) is 105 cm³/mol. The topological polar surface area (TPSA) is 78.6 Å². The van der Waals surface area contributed by atoms with E-state index in [9.17, 15) is 13.9 Å². The van der Waals surface area contributed by atoms with E-state index in [1.54, 1.807) is 33.8 Å². The van der Waals surface area contributed by atoms with Crippen LogP contribution in [-0.4, -0.2) is 61.9 Å². The number of rotatable bonds is 5. The second-order valence-corrected chi connectivity index (χ2v) is 7.71. The van der Waals surface area contributed by atoms with Crippen molar-refractivity contribution in [1.82, 2.24) is 24.7 Å². The highest BCUT2D eigenvalue weighted by molar-refractivity contribution is 9.10. The van der Waals surface area contributed by atoms with Gasteiger partial charge in [-0.3, -0.25) is 4.90 Å². The second kappa shape index (κ2) is 7.96. The van der Waals surface area contributed by atoms with E-state index in [2.05, 4.69) is 36.5 Å². The molecule has 0 radical (unpaired) electrons. The van der Waals surface area contributed by atoms with Crippen molar-refractivity contribution in [1.29, 1.82) is 0 Å². The number of halogens is 3. The van der Waals surface area contributed by atoms with Gasteiger partial charge >= 0.3 is 0 Å². The largest absolute Gasteiger partial charge is 0.507 e. The highest BCUT2D eigenvalue weighted by atomic mass is 79.9. The number of fused-ring (bicyclic) bond motifs is 1. The Labute approximate surface area is 168 Å². The number of aromatic hydroxyl groups is 1. The molecule has 3 aromatic rings. The Balaban J connectivity index is 1.61. The molecule has 1 aromatic carbocycles. The van der Waals surface area contributed by atoms with Crippen LogP contribution in [0.5, 0.6) is 5.75 Å². The number of aromatic nitrogens is 4. The Morgan fingerprint density at radius 3 is 2.93 bits per heavy atom. The van der Waals surface area contributed by atoms with Gasteiger partial charge in [0.05, 0.1) is 18.3 Å². The zero-order valence-electron chi connectivity index (χ0n) is 14.9. The SMILES string of the molecule is Oc1cc(Br)ccc1-c1nnc(N[C@@H]2CCCN(CC(F)F)C2)n2nccc12. The molecule has 0 amide bonds. The Morgan fingerprint density at radius 1 is 1.29 bits per heavy atom. The van der Waals surface area contributed by atoms with Crippen LogP contribution in [0, 0.1) is 0 Å². The quantitative estimate of drug-likeness (QED) is 0.617. The van der Waals surface area contributed by atoms with Crippen molar-refractivity contribution in [3.05, 3.63) is 34.9 Å². The Morgan fingerprint density at radius 2 is 2.14 bits per heavy atom. The van der Waals surface area contributed by atoms with E-state index in [-0.39, 0.29) is 18.3 Å². The molecule has 1 aliphatic heterocycles. The number of benzene rings is 1. The van der Waals surface area contributed by atoms with Crippen molar-refractivity contribution in [2.75, 3.05) is 25.0 Å². The lowest BCUT2D eigenvalue weighted by Crippen LogP contribution is -2.44.